The van der Waals surface area contributed by atoms with Gasteiger partial charge in [0.1, 0.15) is 5.82 Å². The monoisotopic (exact) mass is 270 g/mol. The molecular formula is C17H19FN2. The van der Waals surface area contributed by atoms with Crippen molar-refractivity contribution in [1.29, 1.82) is 0 Å². The molecule has 0 bridgehead atoms. The maximum Gasteiger partial charge on any atom is 0.149 e. The first kappa shape index (κ1) is 13.3. The van der Waals surface area contributed by atoms with E-state index in [1.54, 1.807) is 12.3 Å². The molecule has 1 aliphatic heterocycles. The molecule has 0 atom stereocenters. The van der Waals surface area contributed by atoms with Crippen molar-refractivity contribution in [3.05, 3.63) is 53.6 Å². The highest BCUT2D eigenvalue weighted by Gasteiger charge is 2.13. The van der Waals surface area contributed by atoms with Crippen LogP contribution in [0.5, 0.6) is 0 Å². The van der Waals surface area contributed by atoms with Crippen LogP contribution in [0, 0.1) is 12.7 Å². The molecule has 2 aromatic rings. The highest BCUT2D eigenvalue weighted by molar-refractivity contribution is 5.65. The average Bonchev–Trinajstić information content (AvgIpc) is 2.91. The van der Waals surface area contributed by atoms with Gasteiger partial charge in [0.15, 0.2) is 0 Å². The fourth-order valence-electron chi connectivity index (χ4n) is 2.92. The Morgan fingerprint density at radius 2 is 2.00 bits per heavy atom. The molecule has 0 radical (unpaired) electrons. The smallest absolute Gasteiger partial charge is 0.149 e. The second-order valence-electron chi connectivity index (χ2n) is 5.55. The van der Waals surface area contributed by atoms with E-state index in [4.69, 9.17) is 0 Å². The zero-order chi connectivity index (χ0) is 13.9. The first-order chi connectivity index (χ1) is 9.72. The van der Waals surface area contributed by atoms with Gasteiger partial charge in [-0.3, -0.25) is 9.88 Å². The van der Waals surface area contributed by atoms with Crippen LogP contribution in [0.15, 0.2) is 36.7 Å². The van der Waals surface area contributed by atoms with E-state index >= 15 is 0 Å². The molecule has 2 nitrogen and oxygen atoms in total. The third-order valence-electron chi connectivity index (χ3n) is 3.83. The topological polar surface area (TPSA) is 16.1 Å². The van der Waals surface area contributed by atoms with E-state index in [1.165, 1.54) is 43.3 Å². The summed E-state index contributed by atoms with van der Waals surface area (Å²) in [5.41, 5.74) is 4.01. The molecular weight excluding hydrogens is 251 g/mol. The lowest BCUT2D eigenvalue weighted by Gasteiger charge is -2.16. The lowest BCUT2D eigenvalue weighted by Crippen LogP contribution is -2.18. The number of nitrogens with zero attached hydrogens (tertiary/aromatic N) is 2. The Morgan fingerprint density at radius 1 is 1.20 bits per heavy atom. The maximum absolute atomic E-state index is 13.9. The molecule has 1 aromatic carbocycles. The van der Waals surface area contributed by atoms with Gasteiger partial charge in [0.25, 0.3) is 0 Å². The van der Waals surface area contributed by atoms with Gasteiger partial charge in [0.2, 0.25) is 0 Å². The standard InChI is InChI=1S/C17H19FN2/c1-13-8-14(12-20-6-2-3-7-20)10-15(9-13)16-4-5-19-11-17(16)18/h4-5,8-11H,2-3,6-7,12H2,1H3. The van der Waals surface area contributed by atoms with E-state index in [-0.39, 0.29) is 5.82 Å². The Balaban J connectivity index is 1.92. The summed E-state index contributed by atoms with van der Waals surface area (Å²) in [5, 5.41) is 0. The number of likely N-dealkylation sites (tertiary alicyclic amines) is 1. The van der Waals surface area contributed by atoms with Gasteiger partial charge in [-0.1, -0.05) is 17.7 Å². The molecule has 3 heteroatoms. The Bertz CT molecular complexity index is 604. The van der Waals surface area contributed by atoms with Crippen LogP contribution in [0.4, 0.5) is 4.39 Å². The van der Waals surface area contributed by atoms with Gasteiger partial charge in [0, 0.05) is 18.3 Å². The van der Waals surface area contributed by atoms with Crippen molar-refractivity contribution in [2.24, 2.45) is 0 Å². The minimum atomic E-state index is -0.259. The van der Waals surface area contributed by atoms with Crippen molar-refractivity contribution in [1.82, 2.24) is 9.88 Å². The van der Waals surface area contributed by atoms with Crippen LogP contribution in [0.25, 0.3) is 11.1 Å². The fourth-order valence-corrected chi connectivity index (χ4v) is 2.92. The molecule has 2 heterocycles. The zero-order valence-electron chi connectivity index (χ0n) is 11.8. The number of pyridine rings is 1. The lowest BCUT2D eigenvalue weighted by atomic mass is 10.0. The van der Waals surface area contributed by atoms with E-state index in [9.17, 15) is 4.39 Å². The molecule has 3 rings (SSSR count). The molecule has 1 aliphatic rings. The molecule has 0 amide bonds. The number of aromatic nitrogens is 1. The van der Waals surface area contributed by atoms with Crippen molar-refractivity contribution >= 4 is 0 Å². The molecule has 20 heavy (non-hydrogen) atoms. The van der Waals surface area contributed by atoms with Gasteiger partial charge in [-0.15, -0.1) is 0 Å². The minimum absolute atomic E-state index is 0.259. The van der Waals surface area contributed by atoms with E-state index in [1.807, 2.05) is 6.07 Å². The summed E-state index contributed by atoms with van der Waals surface area (Å²) in [5.74, 6) is -0.259. The zero-order valence-corrected chi connectivity index (χ0v) is 11.8. The summed E-state index contributed by atoms with van der Waals surface area (Å²) in [6.45, 7) is 5.37. The third-order valence-corrected chi connectivity index (χ3v) is 3.83. The minimum Gasteiger partial charge on any atom is -0.299 e. The quantitative estimate of drug-likeness (QED) is 0.843. The third kappa shape index (κ3) is 2.88. The van der Waals surface area contributed by atoms with Gasteiger partial charge < -0.3 is 0 Å². The molecule has 0 N–H and O–H groups in total. The first-order valence-electron chi connectivity index (χ1n) is 7.15. The van der Waals surface area contributed by atoms with Crippen LogP contribution in [0.1, 0.15) is 24.0 Å². The molecule has 104 valence electrons. The average molecular weight is 270 g/mol. The van der Waals surface area contributed by atoms with E-state index < -0.39 is 0 Å². The van der Waals surface area contributed by atoms with Crippen LogP contribution in [-0.4, -0.2) is 23.0 Å². The Labute approximate surface area is 119 Å². The summed E-state index contributed by atoms with van der Waals surface area (Å²) >= 11 is 0. The van der Waals surface area contributed by atoms with E-state index in [0.29, 0.717) is 5.56 Å². The lowest BCUT2D eigenvalue weighted by molar-refractivity contribution is 0.331. The number of hydrogen-bond donors (Lipinski definition) is 0. The number of halogens is 1. The van der Waals surface area contributed by atoms with E-state index in [0.717, 1.165) is 12.1 Å². The summed E-state index contributed by atoms with van der Waals surface area (Å²) in [6, 6.07) is 8.07. The Hall–Kier alpha value is -1.74. The first-order valence-corrected chi connectivity index (χ1v) is 7.15. The maximum atomic E-state index is 13.9. The highest BCUT2D eigenvalue weighted by Crippen LogP contribution is 2.25. The summed E-state index contributed by atoms with van der Waals surface area (Å²) < 4.78 is 13.9. The second kappa shape index (κ2) is 5.71. The van der Waals surface area contributed by atoms with Crippen molar-refractivity contribution in [2.45, 2.75) is 26.3 Å². The molecule has 1 fully saturated rings. The summed E-state index contributed by atoms with van der Waals surface area (Å²) in [6.07, 6.45) is 5.49. The number of hydrogen-bond acceptors (Lipinski definition) is 2. The molecule has 1 saturated heterocycles. The van der Waals surface area contributed by atoms with Crippen molar-refractivity contribution in [3.8, 4) is 11.1 Å². The Morgan fingerprint density at radius 3 is 2.75 bits per heavy atom. The van der Waals surface area contributed by atoms with Crippen LogP contribution < -0.4 is 0 Å². The van der Waals surface area contributed by atoms with Crippen LogP contribution in [0.3, 0.4) is 0 Å². The van der Waals surface area contributed by atoms with Crippen LogP contribution in [0.2, 0.25) is 0 Å². The van der Waals surface area contributed by atoms with Crippen molar-refractivity contribution in [2.75, 3.05) is 13.1 Å². The number of rotatable bonds is 3. The molecule has 0 aliphatic carbocycles. The van der Waals surface area contributed by atoms with E-state index in [2.05, 4.69) is 28.9 Å². The van der Waals surface area contributed by atoms with Crippen molar-refractivity contribution in [3.63, 3.8) is 0 Å². The normalized spacial score (nSPS) is 15.7. The molecule has 1 aromatic heterocycles. The SMILES string of the molecule is Cc1cc(CN2CCCC2)cc(-c2ccncc2F)c1. The van der Waals surface area contributed by atoms with Gasteiger partial charge in [0.05, 0.1) is 6.20 Å². The highest BCUT2D eigenvalue weighted by atomic mass is 19.1. The van der Waals surface area contributed by atoms with Gasteiger partial charge in [-0.25, -0.2) is 4.39 Å². The Kier molecular flexibility index (Phi) is 3.79. The summed E-state index contributed by atoms with van der Waals surface area (Å²) in [4.78, 5) is 6.28. The van der Waals surface area contributed by atoms with Crippen LogP contribution >= 0.6 is 0 Å². The summed E-state index contributed by atoms with van der Waals surface area (Å²) in [7, 11) is 0. The van der Waals surface area contributed by atoms with Gasteiger partial charge in [-0.05, 0) is 56.1 Å². The second-order valence-corrected chi connectivity index (χ2v) is 5.55. The van der Waals surface area contributed by atoms with Gasteiger partial charge in [-0.2, -0.15) is 0 Å². The number of benzene rings is 1. The van der Waals surface area contributed by atoms with Crippen LogP contribution in [-0.2, 0) is 6.54 Å². The fraction of sp³-hybridized carbons (Fsp3) is 0.353. The van der Waals surface area contributed by atoms with Gasteiger partial charge >= 0.3 is 0 Å². The predicted molar refractivity (Wildman–Crippen MR) is 78.9 cm³/mol. The largest absolute Gasteiger partial charge is 0.299 e. The predicted octanol–water partition coefficient (Wildman–Crippen LogP) is 3.79. The molecule has 0 spiro atoms. The van der Waals surface area contributed by atoms with Crippen molar-refractivity contribution < 1.29 is 4.39 Å². The number of aryl methyl sites for hydroxylation is 1. The molecule has 0 unspecified atom stereocenters. The molecule has 0 saturated carbocycles.